The zero-order valence-electron chi connectivity index (χ0n) is 10.6. The molecule has 1 unspecified atom stereocenters. The maximum Gasteiger partial charge on any atom is 0.325 e. The third-order valence-corrected chi connectivity index (χ3v) is 3.43. The van der Waals surface area contributed by atoms with Crippen LogP contribution in [0, 0.1) is 0 Å². The van der Waals surface area contributed by atoms with Gasteiger partial charge >= 0.3 is 5.97 Å². The van der Waals surface area contributed by atoms with E-state index in [2.05, 4.69) is 5.32 Å². The number of benzene rings is 1. The number of ether oxygens (including phenoxy) is 1. The van der Waals surface area contributed by atoms with Crippen LogP contribution in [0.4, 0.5) is 0 Å². The molecule has 1 aromatic rings. The molecular weight excluding hydrogens is 230 g/mol. The van der Waals surface area contributed by atoms with Gasteiger partial charge in [-0.25, -0.2) is 0 Å². The van der Waals surface area contributed by atoms with Crippen molar-refractivity contribution in [2.24, 2.45) is 0 Å². The third kappa shape index (κ3) is 3.01. The second-order valence-corrected chi connectivity index (χ2v) is 4.70. The average molecular weight is 249 g/mol. The molecule has 1 atom stereocenters. The zero-order valence-corrected chi connectivity index (χ0v) is 10.6. The minimum absolute atomic E-state index is 0.317. The summed E-state index contributed by atoms with van der Waals surface area (Å²) in [5.41, 5.74) is 0.744. The molecular formula is C14H19NO3. The van der Waals surface area contributed by atoms with E-state index in [-0.39, 0.29) is 0 Å². The summed E-state index contributed by atoms with van der Waals surface area (Å²) in [5.74, 6) is -0.151. The number of carboxylic acids is 1. The fraction of sp³-hybridized carbons (Fsp3) is 0.500. The third-order valence-electron chi connectivity index (χ3n) is 3.43. The monoisotopic (exact) mass is 249 g/mol. The molecule has 2 rings (SSSR count). The lowest BCUT2D eigenvalue weighted by atomic mass is 10.1. The van der Waals surface area contributed by atoms with Crippen LogP contribution in [0.5, 0.6) is 5.75 Å². The van der Waals surface area contributed by atoms with Crippen molar-refractivity contribution in [1.29, 1.82) is 0 Å². The van der Waals surface area contributed by atoms with Gasteiger partial charge < -0.3 is 9.84 Å². The van der Waals surface area contributed by atoms with Crippen LogP contribution in [0.2, 0.25) is 0 Å². The van der Waals surface area contributed by atoms with Crippen molar-refractivity contribution in [2.75, 3.05) is 7.11 Å². The minimum atomic E-state index is -0.838. The Labute approximate surface area is 107 Å². The molecule has 1 aliphatic rings. The first-order valence-corrected chi connectivity index (χ1v) is 6.33. The van der Waals surface area contributed by atoms with Crippen molar-refractivity contribution < 1.29 is 14.6 Å². The molecule has 1 aliphatic carbocycles. The molecule has 0 amide bonds. The second-order valence-electron chi connectivity index (χ2n) is 4.70. The Morgan fingerprint density at radius 2 is 2.17 bits per heavy atom. The Morgan fingerprint density at radius 3 is 2.78 bits per heavy atom. The molecule has 0 aromatic heterocycles. The van der Waals surface area contributed by atoms with Gasteiger partial charge in [-0.2, -0.15) is 0 Å². The number of methoxy groups -OCH3 is 1. The van der Waals surface area contributed by atoms with Crippen LogP contribution >= 0.6 is 0 Å². The van der Waals surface area contributed by atoms with Gasteiger partial charge in [0, 0.05) is 6.04 Å². The number of hydrogen-bond donors (Lipinski definition) is 2. The van der Waals surface area contributed by atoms with E-state index in [1.165, 1.54) is 12.8 Å². The molecule has 4 heteroatoms. The fourth-order valence-corrected chi connectivity index (χ4v) is 2.46. The first-order valence-electron chi connectivity index (χ1n) is 6.33. The summed E-state index contributed by atoms with van der Waals surface area (Å²) in [4.78, 5) is 11.4. The predicted molar refractivity (Wildman–Crippen MR) is 68.8 cm³/mol. The smallest absolute Gasteiger partial charge is 0.325 e. The van der Waals surface area contributed by atoms with Crippen molar-refractivity contribution >= 4 is 5.97 Å². The quantitative estimate of drug-likeness (QED) is 0.841. The van der Waals surface area contributed by atoms with E-state index in [0.29, 0.717) is 11.8 Å². The van der Waals surface area contributed by atoms with E-state index in [1.807, 2.05) is 18.2 Å². The number of carbonyl (C=O) groups is 1. The average Bonchev–Trinajstić information content (AvgIpc) is 2.88. The molecule has 1 saturated carbocycles. The largest absolute Gasteiger partial charge is 0.497 e. The molecule has 0 spiro atoms. The van der Waals surface area contributed by atoms with Gasteiger partial charge in [0.2, 0.25) is 0 Å². The highest BCUT2D eigenvalue weighted by Gasteiger charge is 2.25. The van der Waals surface area contributed by atoms with E-state index in [4.69, 9.17) is 4.74 Å². The zero-order chi connectivity index (χ0) is 13.0. The second kappa shape index (κ2) is 5.87. The van der Waals surface area contributed by atoms with Gasteiger partial charge in [0.1, 0.15) is 11.8 Å². The van der Waals surface area contributed by atoms with Crippen molar-refractivity contribution in [2.45, 2.75) is 37.8 Å². The highest BCUT2D eigenvalue weighted by molar-refractivity contribution is 5.75. The lowest BCUT2D eigenvalue weighted by Crippen LogP contribution is -2.35. The van der Waals surface area contributed by atoms with Crippen molar-refractivity contribution in [3.8, 4) is 5.75 Å². The van der Waals surface area contributed by atoms with E-state index in [0.717, 1.165) is 18.4 Å². The Balaban J connectivity index is 2.14. The molecule has 1 aromatic carbocycles. The van der Waals surface area contributed by atoms with Gasteiger partial charge in [-0.05, 0) is 30.5 Å². The molecule has 4 nitrogen and oxygen atoms in total. The van der Waals surface area contributed by atoms with Gasteiger partial charge in [-0.3, -0.25) is 10.1 Å². The lowest BCUT2D eigenvalue weighted by Gasteiger charge is -2.20. The summed E-state index contributed by atoms with van der Waals surface area (Å²) in [6.45, 7) is 0. The van der Waals surface area contributed by atoms with Crippen molar-refractivity contribution in [3.63, 3.8) is 0 Å². The van der Waals surface area contributed by atoms with Crippen molar-refractivity contribution in [1.82, 2.24) is 5.32 Å². The van der Waals surface area contributed by atoms with Gasteiger partial charge in [0.25, 0.3) is 0 Å². The normalized spacial score (nSPS) is 17.6. The van der Waals surface area contributed by atoms with Gasteiger partial charge in [0.05, 0.1) is 7.11 Å². The summed E-state index contributed by atoms with van der Waals surface area (Å²) in [7, 11) is 1.58. The molecule has 0 aliphatic heterocycles. The molecule has 0 radical (unpaired) electrons. The number of carboxylic acid groups (broad SMARTS) is 1. The highest BCUT2D eigenvalue weighted by Crippen LogP contribution is 2.24. The summed E-state index contributed by atoms with van der Waals surface area (Å²) >= 11 is 0. The minimum Gasteiger partial charge on any atom is -0.497 e. The standard InChI is InChI=1S/C14H19NO3/c1-18-12-8-4-5-10(9-12)13(14(16)17)15-11-6-2-3-7-11/h4-5,8-9,11,13,15H,2-3,6-7H2,1H3,(H,16,17). The summed E-state index contributed by atoms with van der Waals surface area (Å²) in [6.07, 6.45) is 4.49. The topological polar surface area (TPSA) is 58.6 Å². The van der Waals surface area contributed by atoms with Crippen molar-refractivity contribution in [3.05, 3.63) is 29.8 Å². The Bertz CT molecular complexity index is 413. The highest BCUT2D eigenvalue weighted by atomic mass is 16.5. The molecule has 98 valence electrons. The van der Waals surface area contributed by atoms with Gasteiger partial charge in [-0.1, -0.05) is 25.0 Å². The Hall–Kier alpha value is -1.55. The molecule has 1 fully saturated rings. The first-order chi connectivity index (χ1) is 8.70. The van der Waals surface area contributed by atoms with Crippen LogP contribution in [0.15, 0.2) is 24.3 Å². The van der Waals surface area contributed by atoms with Crippen LogP contribution in [0.3, 0.4) is 0 Å². The van der Waals surface area contributed by atoms with E-state index in [9.17, 15) is 9.90 Å². The van der Waals surface area contributed by atoms with Gasteiger partial charge in [-0.15, -0.1) is 0 Å². The Kier molecular flexibility index (Phi) is 4.20. The van der Waals surface area contributed by atoms with Crippen LogP contribution < -0.4 is 10.1 Å². The lowest BCUT2D eigenvalue weighted by molar-refractivity contribution is -0.139. The van der Waals surface area contributed by atoms with E-state index in [1.54, 1.807) is 13.2 Å². The number of aliphatic carboxylic acids is 1. The molecule has 2 N–H and O–H groups in total. The van der Waals surface area contributed by atoms with Crippen LogP contribution in [0.25, 0.3) is 0 Å². The molecule has 0 bridgehead atoms. The van der Waals surface area contributed by atoms with Crippen LogP contribution in [-0.4, -0.2) is 24.2 Å². The molecule has 0 saturated heterocycles. The predicted octanol–water partition coefficient (Wildman–Crippen LogP) is 2.35. The summed E-state index contributed by atoms with van der Waals surface area (Å²) < 4.78 is 5.13. The van der Waals surface area contributed by atoms with Crippen LogP contribution in [0.1, 0.15) is 37.3 Å². The molecule has 0 heterocycles. The van der Waals surface area contributed by atoms with E-state index >= 15 is 0 Å². The number of rotatable bonds is 5. The Morgan fingerprint density at radius 1 is 1.44 bits per heavy atom. The number of nitrogens with one attached hydrogen (secondary N) is 1. The first kappa shape index (κ1) is 12.9. The molecule has 18 heavy (non-hydrogen) atoms. The maximum atomic E-state index is 11.4. The van der Waals surface area contributed by atoms with Gasteiger partial charge in [0.15, 0.2) is 0 Å². The SMILES string of the molecule is COc1cccc(C(NC2CCCC2)C(=O)O)c1. The van der Waals surface area contributed by atoms with E-state index < -0.39 is 12.0 Å². The summed E-state index contributed by atoms with van der Waals surface area (Å²) in [5, 5.41) is 12.6. The fourth-order valence-electron chi connectivity index (χ4n) is 2.46. The number of hydrogen-bond acceptors (Lipinski definition) is 3. The maximum absolute atomic E-state index is 11.4. The van der Waals surface area contributed by atoms with Crippen LogP contribution in [-0.2, 0) is 4.79 Å². The summed E-state index contributed by atoms with van der Waals surface area (Å²) in [6, 6.07) is 6.91.